The summed E-state index contributed by atoms with van der Waals surface area (Å²) >= 11 is 3.46. The molecule has 19 heavy (non-hydrogen) atoms. The van der Waals surface area contributed by atoms with Gasteiger partial charge in [0.25, 0.3) is 0 Å². The molecule has 2 rings (SSSR count). The van der Waals surface area contributed by atoms with Gasteiger partial charge in [0.15, 0.2) is 10.4 Å². The molecule has 4 nitrogen and oxygen atoms in total. The molecule has 0 unspecified atom stereocenters. The van der Waals surface area contributed by atoms with Crippen LogP contribution in [-0.4, -0.2) is 22.1 Å². The van der Waals surface area contributed by atoms with Crippen molar-refractivity contribution in [2.75, 3.05) is 6.61 Å². The van der Waals surface area contributed by atoms with E-state index in [1.807, 2.05) is 6.92 Å². The first-order valence-electron chi connectivity index (χ1n) is 7.03. The zero-order chi connectivity index (χ0) is 13.8. The van der Waals surface area contributed by atoms with Gasteiger partial charge in [-0.1, -0.05) is 19.3 Å². The third-order valence-electron chi connectivity index (χ3n) is 3.81. The van der Waals surface area contributed by atoms with E-state index in [4.69, 9.17) is 4.74 Å². The molecule has 106 valence electrons. The van der Waals surface area contributed by atoms with Crippen molar-refractivity contribution in [3.63, 3.8) is 0 Å². The number of halogens is 1. The summed E-state index contributed by atoms with van der Waals surface area (Å²) in [5.74, 6) is 0.371. The quantitative estimate of drug-likeness (QED) is 0.791. The van der Waals surface area contributed by atoms with E-state index in [0.717, 1.165) is 17.0 Å². The van der Waals surface area contributed by atoms with Crippen LogP contribution >= 0.6 is 15.9 Å². The average molecular weight is 329 g/mol. The number of hydrogen-bond donors (Lipinski definition) is 0. The minimum atomic E-state index is -0.330. The van der Waals surface area contributed by atoms with Gasteiger partial charge in [0, 0.05) is 6.54 Å². The highest BCUT2D eigenvalue weighted by Gasteiger charge is 2.22. The first kappa shape index (κ1) is 14.6. The third kappa shape index (κ3) is 3.38. The summed E-state index contributed by atoms with van der Waals surface area (Å²) in [5.41, 5.74) is 1.33. The summed E-state index contributed by atoms with van der Waals surface area (Å²) in [4.78, 5) is 16.1. The number of carbonyl (C=O) groups is 1. The molecule has 0 atom stereocenters. The van der Waals surface area contributed by atoms with E-state index in [0.29, 0.717) is 18.2 Å². The Balaban J connectivity index is 2.14. The number of rotatable bonds is 4. The molecule has 0 saturated heterocycles. The maximum Gasteiger partial charge on any atom is 0.358 e. The van der Waals surface area contributed by atoms with Gasteiger partial charge in [0.2, 0.25) is 0 Å². The van der Waals surface area contributed by atoms with E-state index in [2.05, 4.69) is 25.5 Å². The van der Waals surface area contributed by atoms with Crippen molar-refractivity contribution in [3.05, 3.63) is 16.1 Å². The molecule has 1 aliphatic rings. The van der Waals surface area contributed by atoms with Crippen LogP contribution in [0, 0.1) is 12.8 Å². The topological polar surface area (TPSA) is 44.1 Å². The largest absolute Gasteiger partial charge is 0.461 e. The Morgan fingerprint density at radius 2 is 2.11 bits per heavy atom. The van der Waals surface area contributed by atoms with Crippen LogP contribution in [0.4, 0.5) is 0 Å². The van der Waals surface area contributed by atoms with Gasteiger partial charge in [0.1, 0.15) is 0 Å². The standard InChI is InChI=1S/C14H21BrN2O2/c1-3-19-13(18)12-10(2)17(14(15)16-12)9-11-7-5-4-6-8-11/h11H,3-9H2,1-2H3. The summed E-state index contributed by atoms with van der Waals surface area (Å²) < 4.78 is 7.87. The Morgan fingerprint density at radius 3 is 2.74 bits per heavy atom. The molecule has 0 aromatic carbocycles. The predicted molar refractivity (Wildman–Crippen MR) is 77.2 cm³/mol. The maximum atomic E-state index is 11.8. The second-order valence-corrected chi connectivity index (χ2v) is 5.86. The molecule has 5 heteroatoms. The van der Waals surface area contributed by atoms with Crippen LogP contribution in [0.25, 0.3) is 0 Å². The fraction of sp³-hybridized carbons (Fsp3) is 0.714. The van der Waals surface area contributed by atoms with Gasteiger partial charge in [-0.3, -0.25) is 0 Å². The number of esters is 1. The number of ether oxygens (including phenoxy) is 1. The number of imidazole rings is 1. The van der Waals surface area contributed by atoms with Crippen molar-refractivity contribution in [2.45, 2.75) is 52.5 Å². The summed E-state index contributed by atoms with van der Waals surface area (Å²) in [7, 11) is 0. The molecule has 0 N–H and O–H groups in total. The first-order valence-corrected chi connectivity index (χ1v) is 7.82. The average Bonchev–Trinajstić information content (AvgIpc) is 2.68. The van der Waals surface area contributed by atoms with E-state index in [9.17, 15) is 4.79 Å². The molecule has 1 fully saturated rings. The molecule has 1 aromatic heterocycles. The van der Waals surface area contributed by atoms with Gasteiger partial charge in [-0.05, 0) is 48.5 Å². The van der Waals surface area contributed by atoms with Gasteiger partial charge < -0.3 is 9.30 Å². The lowest BCUT2D eigenvalue weighted by Gasteiger charge is -2.22. The molecule has 0 amide bonds. The van der Waals surface area contributed by atoms with Gasteiger partial charge >= 0.3 is 5.97 Å². The summed E-state index contributed by atoms with van der Waals surface area (Å²) in [6.07, 6.45) is 6.55. The van der Waals surface area contributed by atoms with Crippen molar-refractivity contribution in [1.29, 1.82) is 0 Å². The number of aromatic nitrogens is 2. The number of carbonyl (C=O) groups excluding carboxylic acids is 1. The van der Waals surface area contributed by atoms with Gasteiger partial charge in [0.05, 0.1) is 12.3 Å². The van der Waals surface area contributed by atoms with Crippen molar-refractivity contribution < 1.29 is 9.53 Å². The van der Waals surface area contributed by atoms with E-state index < -0.39 is 0 Å². The van der Waals surface area contributed by atoms with Crippen LogP contribution in [0.2, 0.25) is 0 Å². The molecular formula is C14H21BrN2O2. The Hall–Kier alpha value is -0.840. The van der Waals surface area contributed by atoms with E-state index in [1.165, 1.54) is 32.1 Å². The highest BCUT2D eigenvalue weighted by molar-refractivity contribution is 9.10. The lowest BCUT2D eigenvalue weighted by atomic mass is 9.89. The van der Waals surface area contributed by atoms with Gasteiger partial charge in [-0.25, -0.2) is 9.78 Å². The van der Waals surface area contributed by atoms with Crippen molar-refractivity contribution in [3.8, 4) is 0 Å². The van der Waals surface area contributed by atoms with Gasteiger partial charge in [-0.15, -0.1) is 0 Å². The molecule has 1 aromatic rings. The molecule has 0 bridgehead atoms. The molecule has 0 aliphatic heterocycles. The van der Waals surface area contributed by atoms with Crippen LogP contribution in [0.15, 0.2) is 4.73 Å². The van der Waals surface area contributed by atoms with Crippen molar-refractivity contribution in [2.24, 2.45) is 5.92 Å². The first-order chi connectivity index (χ1) is 9.13. The Labute approximate surface area is 122 Å². The van der Waals surface area contributed by atoms with Crippen molar-refractivity contribution >= 4 is 21.9 Å². The molecule has 1 aliphatic carbocycles. The Bertz CT molecular complexity index is 451. The van der Waals surface area contributed by atoms with Crippen LogP contribution in [0.3, 0.4) is 0 Å². The molecule has 1 saturated carbocycles. The van der Waals surface area contributed by atoms with Gasteiger partial charge in [-0.2, -0.15) is 0 Å². The number of hydrogen-bond acceptors (Lipinski definition) is 3. The van der Waals surface area contributed by atoms with E-state index in [-0.39, 0.29) is 5.97 Å². The highest BCUT2D eigenvalue weighted by atomic mass is 79.9. The van der Waals surface area contributed by atoms with Crippen LogP contribution in [0.1, 0.15) is 55.2 Å². The Morgan fingerprint density at radius 1 is 1.42 bits per heavy atom. The zero-order valence-corrected chi connectivity index (χ0v) is 13.2. The molecule has 0 radical (unpaired) electrons. The second-order valence-electron chi connectivity index (χ2n) is 5.15. The fourth-order valence-electron chi connectivity index (χ4n) is 2.73. The van der Waals surface area contributed by atoms with E-state index >= 15 is 0 Å². The SMILES string of the molecule is CCOC(=O)c1nc(Br)n(CC2CCCCC2)c1C. The maximum absolute atomic E-state index is 11.8. The lowest BCUT2D eigenvalue weighted by Crippen LogP contribution is -2.16. The predicted octanol–water partition coefficient (Wildman–Crippen LogP) is 3.71. The van der Waals surface area contributed by atoms with Crippen molar-refractivity contribution in [1.82, 2.24) is 9.55 Å². The van der Waals surface area contributed by atoms with Crippen LogP contribution in [-0.2, 0) is 11.3 Å². The lowest BCUT2D eigenvalue weighted by molar-refractivity contribution is 0.0519. The smallest absolute Gasteiger partial charge is 0.358 e. The monoisotopic (exact) mass is 328 g/mol. The minimum absolute atomic E-state index is 0.330. The second kappa shape index (κ2) is 6.55. The summed E-state index contributed by atoms with van der Waals surface area (Å²) in [6.45, 7) is 5.07. The van der Waals surface area contributed by atoms with Crippen LogP contribution < -0.4 is 0 Å². The fourth-order valence-corrected chi connectivity index (χ4v) is 3.32. The summed E-state index contributed by atoms with van der Waals surface area (Å²) in [6, 6.07) is 0. The minimum Gasteiger partial charge on any atom is -0.461 e. The molecule has 1 heterocycles. The number of nitrogens with zero attached hydrogens (tertiary/aromatic N) is 2. The third-order valence-corrected chi connectivity index (χ3v) is 4.41. The summed E-state index contributed by atoms with van der Waals surface area (Å²) in [5, 5.41) is 0. The zero-order valence-electron chi connectivity index (χ0n) is 11.6. The highest BCUT2D eigenvalue weighted by Crippen LogP contribution is 2.27. The van der Waals surface area contributed by atoms with E-state index in [1.54, 1.807) is 6.92 Å². The van der Waals surface area contributed by atoms with Crippen LogP contribution in [0.5, 0.6) is 0 Å². The molecule has 0 spiro atoms. The Kier molecular flexibility index (Phi) is 5.02. The normalized spacial score (nSPS) is 16.6. The molecular weight excluding hydrogens is 308 g/mol.